The van der Waals surface area contributed by atoms with E-state index < -0.39 is 25.9 Å². The van der Waals surface area contributed by atoms with Gasteiger partial charge in [-0.1, -0.05) is 54.8 Å². The SMILES string of the molecule is CCCC=CCCCC(=O)O.CCCCS(=O)(=O)C(Br)CCCC(=O)O. The summed E-state index contributed by atoms with van der Waals surface area (Å²) in [5, 5.41) is 16.7. The zero-order valence-electron chi connectivity index (χ0n) is 15.8. The van der Waals surface area contributed by atoms with Crippen LogP contribution in [-0.4, -0.2) is 40.5 Å². The third-order valence-corrected chi connectivity index (χ3v) is 7.42. The van der Waals surface area contributed by atoms with Crippen LogP contribution in [0, 0.1) is 0 Å². The highest BCUT2D eigenvalue weighted by atomic mass is 79.9. The molecule has 0 aliphatic carbocycles. The molecule has 0 saturated heterocycles. The lowest BCUT2D eigenvalue weighted by Crippen LogP contribution is -2.18. The normalized spacial score (nSPS) is 12.4. The number of sulfone groups is 1. The van der Waals surface area contributed by atoms with E-state index in [0.29, 0.717) is 19.3 Å². The monoisotopic (exact) mass is 456 g/mol. The van der Waals surface area contributed by atoms with Crippen LogP contribution in [0.1, 0.15) is 78.1 Å². The van der Waals surface area contributed by atoms with Crippen LogP contribution < -0.4 is 0 Å². The van der Waals surface area contributed by atoms with Gasteiger partial charge < -0.3 is 10.2 Å². The molecule has 0 spiro atoms. The van der Waals surface area contributed by atoms with Crippen molar-refractivity contribution in [1.29, 1.82) is 0 Å². The first-order chi connectivity index (χ1) is 12.2. The van der Waals surface area contributed by atoms with E-state index in [2.05, 4.69) is 35.0 Å². The molecule has 0 saturated carbocycles. The average Bonchev–Trinajstić information content (AvgIpc) is 2.56. The molecule has 0 aliphatic heterocycles. The highest BCUT2D eigenvalue weighted by Crippen LogP contribution is 2.18. The average molecular weight is 457 g/mol. The van der Waals surface area contributed by atoms with Crippen molar-refractivity contribution in [2.75, 3.05) is 5.75 Å². The van der Waals surface area contributed by atoms with Gasteiger partial charge in [0.1, 0.15) is 4.16 Å². The fraction of sp³-hybridized carbons (Fsp3) is 0.778. The van der Waals surface area contributed by atoms with Gasteiger partial charge in [-0.25, -0.2) is 8.42 Å². The molecule has 26 heavy (non-hydrogen) atoms. The van der Waals surface area contributed by atoms with Crippen LogP contribution in [0.15, 0.2) is 12.2 Å². The van der Waals surface area contributed by atoms with Gasteiger partial charge in [0, 0.05) is 12.8 Å². The molecular weight excluding hydrogens is 424 g/mol. The lowest BCUT2D eigenvalue weighted by Gasteiger charge is -2.09. The Bertz CT molecular complexity index is 502. The van der Waals surface area contributed by atoms with Crippen molar-refractivity contribution < 1.29 is 28.2 Å². The third-order valence-electron chi connectivity index (χ3n) is 3.38. The second-order valence-corrected chi connectivity index (χ2v) is 9.98. The van der Waals surface area contributed by atoms with E-state index in [9.17, 15) is 18.0 Å². The second kappa shape index (κ2) is 17.5. The number of rotatable bonds is 14. The molecule has 0 rings (SSSR count). The van der Waals surface area contributed by atoms with E-state index in [4.69, 9.17) is 10.2 Å². The molecule has 0 fully saturated rings. The smallest absolute Gasteiger partial charge is 0.303 e. The fourth-order valence-electron chi connectivity index (χ4n) is 1.84. The second-order valence-electron chi connectivity index (χ2n) is 5.96. The Balaban J connectivity index is 0. The van der Waals surface area contributed by atoms with Crippen molar-refractivity contribution >= 4 is 37.7 Å². The van der Waals surface area contributed by atoms with Gasteiger partial charge in [-0.3, -0.25) is 9.59 Å². The molecule has 0 aromatic carbocycles. The molecule has 8 heteroatoms. The van der Waals surface area contributed by atoms with Crippen LogP contribution >= 0.6 is 15.9 Å². The summed E-state index contributed by atoms with van der Waals surface area (Å²) in [7, 11) is -3.10. The van der Waals surface area contributed by atoms with Crippen molar-refractivity contribution in [2.45, 2.75) is 82.2 Å². The molecule has 1 atom stereocenters. The van der Waals surface area contributed by atoms with Gasteiger partial charge in [-0.15, -0.1) is 0 Å². The van der Waals surface area contributed by atoms with Gasteiger partial charge in [0.05, 0.1) is 5.75 Å². The maximum Gasteiger partial charge on any atom is 0.303 e. The topological polar surface area (TPSA) is 109 Å². The van der Waals surface area contributed by atoms with E-state index >= 15 is 0 Å². The first kappa shape index (κ1) is 27.3. The molecule has 1 unspecified atom stereocenters. The van der Waals surface area contributed by atoms with E-state index in [-0.39, 0.29) is 18.6 Å². The minimum Gasteiger partial charge on any atom is -0.481 e. The number of unbranched alkanes of at least 4 members (excludes halogenated alkanes) is 3. The number of hydrogen-bond donors (Lipinski definition) is 2. The van der Waals surface area contributed by atoms with Crippen molar-refractivity contribution in [3.63, 3.8) is 0 Å². The Morgan fingerprint density at radius 3 is 1.96 bits per heavy atom. The van der Waals surface area contributed by atoms with Crippen LogP contribution in [0.4, 0.5) is 0 Å². The molecule has 0 aliphatic rings. The van der Waals surface area contributed by atoms with E-state index in [1.807, 2.05) is 6.92 Å². The zero-order valence-corrected chi connectivity index (χ0v) is 18.2. The van der Waals surface area contributed by atoms with Crippen LogP contribution in [0.2, 0.25) is 0 Å². The van der Waals surface area contributed by atoms with Crippen molar-refractivity contribution in [3.05, 3.63) is 12.2 Å². The van der Waals surface area contributed by atoms with Gasteiger partial charge in [0.2, 0.25) is 0 Å². The van der Waals surface area contributed by atoms with Crippen LogP contribution in [0.5, 0.6) is 0 Å². The number of alkyl halides is 1. The van der Waals surface area contributed by atoms with Crippen molar-refractivity contribution in [3.8, 4) is 0 Å². The van der Waals surface area contributed by atoms with Gasteiger partial charge in [0.25, 0.3) is 0 Å². The zero-order chi connectivity index (χ0) is 20.4. The maximum absolute atomic E-state index is 11.6. The summed E-state index contributed by atoms with van der Waals surface area (Å²) in [5.74, 6) is -1.42. The quantitative estimate of drug-likeness (QED) is 0.221. The highest BCUT2D eigenvalue weighted by Gasteiger charge is 2.21. The van der Waals surface area contributed by atoms with Gasteiger partial charge in [0.15, 0.2) is 9.84 Å². The minimum absolute atomic E-state index is 0.0192. The van der Waals surface area contributed by atoms with Crippen LogP contribution in [0.3, 0.4) is 0 Å². The third kappa shape index (κ3) is 19.4. The van der Waals surface area contributed by atoms with Gasteiger partial charge in [-0.05, 0) is 38.5 Å². The minimum atomic E-state index is -3.10. The Morgan fingerprint density at radius 2 is 1.46 bits per heavy atom. The molecule has 2 N–H and O–H groups in total. The summed E-state index contributed by atoms with van der Waals surface area (Å²) in [5.41, 5.74) is 0. The molecule has 6 nitrogen and oxygen atoms in total. The molecule has 0 aromatic heterocycles. The molecule has 0 aromatic rings. The molecule has 0 bridgehead atoms. The first-order valence-corrected chi connectivity index (χ1v) is 11.7. The summed E-state index contributed by atoms with van der Waals surface area (Å²) >= 11 is 3.10. The Labute approximate surface area is 166 Å². The van der Waals surface area contributed by atoms with E-state index in [1.165, 1.54) is 0 Å². The number of halogens is 1. The standard InChI is InChI=1S/C9H17BrO4S.C9H16O2/c1-2-3-7-15(13,14)8(10)5-4-6-9(11)12;1-2-3-4-5-6-7-8-9(10)11/h8H,2-7H2,1H3,(H,11,12);4-5H,2-3,6-8H2,1H3,(H,10,11). The summed E-state index contributed by atoms with van der Waals surface area (Å²) in [4.78, 5) is 20.3. The maximum atomic E-state index is 11.6. The summed E-state index contributed by atoms with van der Waals surface area (Å²) < 4.78 is 22.5. The molecule has 0 heterocycles. The van der Waals surface area contributed by atoms with Crippen LogP contribution in [0.25, 0.3) is 0 Å². The van der Waals surface area contributed by atoms with Crippen molar-refractivity contribution in [2.24, 2.45) is 0 Å². The Morgan fingerprint density at radius 1 is 0.923 bits per heavy atom. The van der Waals surface area contributed by atoms with E-state index in [0.717, 1.165) is 32.1 Å². The Hall–Kier alpha value is -0.890. The number of carbonyl (C=O) groups is 2. The summed E-state index contributed by atoms with van der Waals surface area (Å²) in [6.45, 7) is 4.06. The molecule has 154 valence electrons. The fourth-order valence-corrected chi connectivity index (χ4v) is 4.20. The summed E-state index contributed by atoms with van der Waals surface area (Å²) in [6.07, 6.45) is 10.6. The molecular formula is C18H33BrO6S. The predicted molar refractivity (Wildman–Crippen MR) is 108 cm³/mol. The Kier molecular flexibility index (Phi) is 18.4. The largest absolute Gasteiger partial charge is 0.481 e. The number of hydrogen-bond acceptors (Lipinski definition) is 4. The molecule has 0 radical (unpaired) electrons. The lowest BCUT2D eigenvalue weighted by atomic mass is 10.2. The predicted octanol–water partition coefficient (Wildman–Crippen LogP) is 4.77. The van der Waals surface area contributed by atoms with Crippen LogP contribution in [-0.2, 0) is 19.4 Å². The number of carboxylic acid groups (broad SMARTS) is 2. The molecule has 0 amide bonds. The highest BCUT2D eigenvalue weighted by molar-refractivity contribution is 9.11. The number of allylic oxidation sites excluding steroid dienone is 2. The van der Waals surface area contributed by atoms with Gasteiger partial charge in [-0.2, -0.15) is 0 Å². The van der Waals surface area contributed by atoms with Crippen molar-refractivity contribution in [1.82, 2.24) is 0 Å². The van der Waals surface area contributed by atoms with E-state index in [1.54, 1.807) is 0 Å². The van der Waals surface area contributed by atoms with Gasteiger partial charge >= 0.3 is 11.9 Å². The number of carboxylic acids is 2. The first-order valence-electron chi connectivity index (χ1n) is 9.11. The summed E-state index contributed by atoms with van der Waals surface area (Å²) in [6, 6.07) is 0. The lowest BCUT2D eigenvalue weighted by molar-refractivity contribution is -0.138. The number of aliphatic carboxylic acids is 2.